The lowest BCUT2D eigenvalue weighted by atomic mass is 10.0. The SMILES string of the molecule is Cc1cc(CN(CC(C)C)C(C)C)cc(C)c1O. The van der Waals surface area contributed by atoms with Crippen LogP contribution >= 0.6 is 0 Å². The third-order valence-corrected chi connectivity index (χ3v) is 3.27. The Kier molecular flexibility index (Phi) is 5.21. The molecule has 0 aliphatic heterocycles. The molecule has 0 atom stereocenters. The maximum Gasteiger partial charge on any atom is 0.121 e. The smallest absolute Gasteiger partial charge is 0.121 e. The van der Waals surface area contributed by atoms with Crippen molar-refractivity contribution in [3.05, 3.63) is 28.8 Å². The van der Waals surface area contributed by atoms with Crippen LogP contribution in [-0.4, -0.2) is 22.6 Å². The highest BCUT2D eigenvalue weighted by molar-refractivity contribution is 5.42. The minimum absolute atomic E-state index is 0.429. The van der Waals surface area contributed by atoms with Crippen molar-refractivity contribution in [2.75, 3.05) is 6.54 Å². The summed E-state index contributed by atoms with van der Waals surface area (Å²) < 4.78 is 0. The van der Waals surface area contributed by atoms with E-state index in [-0.39, 0.29) is 0 Å². The summed E-state index contributed by atoms with van der Waals surface area (Å²) in [6.07, 6.45) is 0. The number of rotatable bonds is 5. The van der Waals surface area contributed by atoms with Gasteiger partial charge in [-0.1, -0.05) is 26.0 Å². The molecule has 0 amide bonds. The van der Waals surface area contributed by atoms with Crippen molar-refractivity contribution in [2.24, 2.45) is 5.92 Å². The topological polar surface area (TPSA) is 23.5 Å². The lowest BCUT2D eigenvalue weighted by Crippen LogP contribution is -2.33. The van der Waals surface area contributed by atoms with Gasteiger partial charge in [0.2, 0.25) is 0 Å². The van der Waals surface area contributed by atoms with Gasteiger partial charge >= 0.3 is 0 Å². The maximum atomic E-state index is 9.81. The van der Waals surface area contributed by atoms with Gasteiger partial charge in [0.15, 0.2) is 0 Å². The molecule has 1 N–H and O–H groups in total. The molecule has 0 aromatic heterocycles. The summed E-state index contributed by atoms with van der Waals surface area (Å²) >= 11 is 0. The van der Waals surface area contributed by atoms with Crippen molar-refractivity contribution in [2.45, 2.75) is 54.1 Å². The van der Waals surface area contributed by atoms with E-state index in [9.17, 15) is 5.11 Å². The number of aromatic hydroxyl groups is 1. The Balaban J connectivity index is 2.87. The van der Waals surface area contributed by atoms with Crippen molar-refractivity contribution in [3.8, 4) is 5.75 Å². The molecule has 0 radical (unpaired) electrons. The summed E-state index contributed by atoms with van der Waals surface area (Å²) in [5.41, 5.74) is 3.23. The first-order valence-electron chi connectivity index (χ1n) is 6.84. The van der Waals surface area contributed by atoms with Gasteiger partial charge in [0.05, 0.1) is 0 Å². The highest BCUT2D eigenvalue weighted by Crippen LogP contribution is 2.24. The van der Waals surface area contributed by atoms with Crippen LogP contribution in [0, 0.1) is 19.8 Å². The van der Waals surface area contributed by atoms with Gasteiger partial charge in [-0.2, -0.15) is 0 Å². The van der Waals surface area contributed by atoms with Crippen LogP contribution in [0.25, 0.3) is 0 Å². The van der Waals surface area contributed by atoms with E-state index in [1.54, 1.807) is 0 Å². The van der Waals surface area contributed by atoms with Crippen LogP contribution in [0.2, 0.25) is 0 Å². The van der Waals surface area contributed by atoms with Crippen LogP contribution in [0.4, 0.5) is 0 Å². The highest BCUT2D eigenvalue weighted by atomic mass is 16.3. The fraction of sp³-hybridized carbons (Fsp3) is 0.625. The monoisotopic (exact) mass is 249 g/mol. The van der Waals surface area contributed by atoms with Crippen LogP contribution in [0.1, 0.15) is 44.4 Å². The maximum absolute atomic E-state index is 9.81. The minimum atomic E-state index is 0.429. The third-order valence-electron chi connectivity index (χ3n) is 3.27. The molecule has 0 saturated carbocycles. The van der Waals surface area contributed by atoms with Gasteiger partial charge in [-0.3, -0.25) is 4.90 Å². The first-order valence-corrected chi connectivity index (χ1v) is 6.84. The Morgan fingerprint density at radius 1 is 1.06 bits per heavy atom. The number of aryl methyl sites for hydroxylation is 2. The van der Waals surface area contributed by atoms with Crippen LogP contribution in [0.5, 0.6) is 5.75 Å². The third kappa shape index (κ3) is 4.02. The minimum Gasteiger partial charge on any atom is -0.507 e. The molecular weight excluding hydrogens is 222 g/mol. The molecule has 1 aromatic carbocycles. The molecule has 0 saturated heterocycles. The Bertz CT molecular complexity index is 373. The van der Waals surface area contributed by atoms with Crippen molar-refractivity contribution in [1.82, 2.24) is 4.90 Å². The van der Waals surface area contributed by atoms with Gasteiger partial charge < -0.3 is 5.11 Å². The molecule has 0 aliphatic rings. The van der Waals surface area contributed by atoms with Crippen molar-refractivity contribution in [3.63, 3.8) is 0 Å². The predicted molar refractivity (Wildman–Crippen MR) is 78.0 cm³/mol. The molecule has 0 unspecified atom stereocenters. The largest absolute Gasteiger partial charge is 0.507 e. The van der Waals surface area contributed by atoms with Gasteiger partial charge in [0, 0.05) is 19.1 Å². The zero-order valence-electron chi connectivity index (χ0n) is 12.6. The van der Waals surface area contributed by atoms with E-state index in [0.29, 0.717) is 17.7 Å². The van der Waals surface area contributed by atoms with E-state index in [1.165, 1.54) is 5.56 Å². The molecule has 0 spiro atoms. The Hall–Kier alpha value is -1.02. The second-order valence-electron chi connectivity index (χ2n) is 6.00. The Morgan fingerprint density at radius 3 is 1.94 bits per heavy atom. The van der Waals surface area contributed by atoms with Crippen LogP contribution in [-0.2, 0) is 6.54 Å². The number of nitrogens with zero attached hydrogens (tertiary/aromatic N) is 1. The van der Waals surface area contributed by atoms with Gasteiger partial charge in [0.1, 0.15) is 5.75 Å². The van der Waals surface area contributed by atoms with Crippen LogP contribution in [0.15, 0.2) is 12.1 Å². The molecular formula is C16H27NO. The highest BCUT2D eigenvalue weighted by Gasteiger charge is 2.13. The fourth-order valence-electron chi connectivity index (χ4n) is 2.30. The van der Waals surface area contributed by atoms with Gasteiger partial charge in [-0.15, -0.1) is 0 Å². The second-order valence-corrected chi connectivity index (χ2v) is 6.00. The lowest BCUT2D eigenvalue weighted by Gasteiger charge is -2.28. The average Bonchev–Trinajstić information content (AvgIpc) is 2.24. The molecule has 1 aromatic rings. The van der Waals surface area contributed by atoms with E-state index in [4.69, 9.17) is 0 Å². The summed E-state index contributed by atoms with van der Waals surface area (Å²) in [6.45, 7) is 15.0. The van der Waals surface area contributed by atoms with Crippen molar-refractivity contribution in [1.29, 1.82) is 0 Å². The first kappa shape index (κ1) is 15.0. The Labute approximate surface area is 112 Å². The van der Waals surface area contributed by atoms with Crippen LogP contribution < -0.4 is 0 Å². The summed E-state index contributed by atoms with van der Waals surface area (Å²) in [4.78, 5) is 2.48. The summed E-state index contributed by atoms with van der Waals surface area (Å²) in [6, 6.07) is 4.73. The fourth-order valence-corrected chi connectivity index (χ4v) is 2.30. The number of benzene rings is 1. The van der Waals surface area contributed by atoms with Gasteiger partial charge in [-0.05, 0) is 50.3 Å². The quantitative estimate of drug-likeness (QED) is 0.856. The number of hydrogen-bond acceptors (Lipinski definition) is 2. The standard InChI is InChI=1S/C16H27NO/c1-11(2)9-17(12(3)4)10-15-7-13(5)16(18)14(6)8-15/h7-8,11-12,18H,9-10H2,1-6H3. The second kappa shape index (κ2) is 6.24. The van der Waals surface area contributed by atoms with E-state index in [2.05, 4.69) is 44.7 Å². The summed E-state index contributed by atoms with van der Waals surface area (Å²) in [5.74, 6) is 1.10. The molecule has 0 fully saturated rings. The summed E-state index contributed by atoms with van der Waals surface area (Å²) in [5, 5.41) is 9.81. The van der Waals surface area contributed by atoms with Crippen molar-refractivity contribution < 1.29 is 5.11 Å². The predicted octanol–water partition coefficient (Wildman–Crippen LogP) is 3.88. The first-order chi connectivity index (χ1) is 8.31. The zero-order chi connectivity index (χ0) is 13.9. The van der Waals surface area contributed by atoms with E-state index >= 15 is 0 Å². The Morgan fingerprint density at radius 2 is 1.56 bits per heavy atom. The molecule has 2 nitrogen and oxygen atoms in total. The van der Waals surface area contributed by atoms with E-state index in [1.807, 2.05) is 13.8 Å². The molecule has 2 heteroatoms. The molecule has 0 heterocycles. The molecule has 0 aliphatic carbocycles. The molecule has 102 valence electrons. The molecule has 18 heavy (non-hydrogen) atoms. The number of phenolic OH excluding ortho intramolecular Hbond substituents is 1. The molecule has 1 rings (SSSR count). The van der Waals surface area contributed by atoms with Gasteiger partial charge in [-0.25, -0.2) is 0 Å². The zero-order valence-corrected chi connectivity index (χ0v) is 12.6. The van der Waals surface area contributed by atoms with E-state index < -0.39 is 0 Å². The number of phenols is 1. The summed E-state index contributed by atoms with van der Waals surface area (Å²) in [7, 11) is 0. The number of hydrogen-bond donors (Lipinski definition) is 1. The average molecular weight is 249 g/mol. The van der Waals surface area contributed by atoms with Gasteiger partial charge in [0.25, 0.3) is 0 Å². The van der Waals surface area contributed by atoms with Crippen molar-refractivity contribution >= 4 is 0 Å². The normalized spacial score (nSPS) is 11.8. The van der Waals surface area contributed by atoms with E-state index in [0.717, 1.165) is 24.2 Å². The lowest BCUT2D eigenvalue weighted by molar-refractivity contribution is 0.189. The van der Waals surface area contributed by atoms with Crippen LogP contribution in [0.3, 0.4) is 0 Å². The molecule has 0 bridgehead atoms.